The highest BCUT2D eigenvalue weighted by Gasteiger charge is 2.23. The van der Waals surface area contributed by atoms with E-state index in [2.05, 4.69) is 20.0 Å². The van der Waals surface area contributed by atoms with Crippen molar-refractivity contribution in [2.75, 3.05) is 12.4 Å². The number of pyridine rings is 1. The second-order valence-electron chi connectivity index (χ2n) is 7.08. The minimum atomic E-state index is -2.90. The van der Waals surface area contributed by atoms with Crippen molar-refractivity contribution in [2.24, 2.45) is 7.05 Å². The van der Waals surface area contributed by atoms with Crippen molar-refractivity contribution in [1.29, 1.82) is 0 Å². The van der Waals surface area contributed by atoms with Crippen molar-refractivity contribution in [3.63, 3.8) is 0 Å². The SMILES string of the molecule is COc1ccccc1C(Nc1cc(C)nc2ccc(OC(F)F)cc12)c1nccn1C. The largest absolute Gasteiger partial charge is 0.496 e. The Kier molecular flexibility index (Phi) is 5.70. The van der Waals surface area contributed by atoms with Crippen molar-refractivity contribution < 1.29 is 18.3 Å². The molecule has 1 unspecified atom stereocenters. The van der Waals surface area contributed by atoms with E-state index in [1.807, 2.05) is 55.1 Å². The Bertz CT molecular complexity index is 1210. The molecule has 0 saturated carbocycles. The molecule has 0 aliphatic carbocycles. The molecule has 0 spiro atoms. The lowest BCUT2D eigenvalue weighted by Gasteiger charge is -2.23. The molecule has 2 aromatic heterocycles. The molecule has 0 radical (unpaired) electrons. The first-order valence-electron chi connectivity index (χ1n) is 9.69. The van der Waals surface area contributed by atoms with Crippen LogP contribution >= 0.6 is 0 Å². The number of ether oxygens (including phenoxy) is 2. The summed E-state index contributed by atoms with van der Waals surface area (Å²) >= 11 is 0. The number of para-hydroxylation sites is 1. The van der Waals surface area contributed by atoms with E-state index < -0.39 is 6.61 Å². The number of halogens is 2. The third kappa shape index (κ3) is 4.28. The normalized spacial score (nSPS) is 12.2. The fourth-order valence-corrected chi connectivity index (χ4v) is 3.63. The molecule has 0 bridgehead atoms. The Balaban J connectivity index is 1.86. The third-order valence-corrected chi connectivity index (χ3v) is 5.00. The van der Waals surface area contributed by atoms with Crippen molar-refractivity contribution in [3.05, 3.63) is 78.0 Å². The van der Waals surface area contributed by atoms with Crippen molar-refractivity contribution >= 4 is 16.6 Å². The molecule has 8 heteroatoms. The molecule has 0 fully saturated rings. The zero-order valence-electron chi connectivity index (χ0n) is 17.3. The van der Waals surface area contributed by atoms with Gasteiger partial charge in [-0.05, 0) is 37.3 Å². The van der Waals surface area contributed by atoms with Crippen LogP contribution in [0.25, 0.3) is 10.9 Å². The summed E-state index contributed by atoms with van der Waals surface area (Å²) in [6, 6.07) is 13.9. The molecule has 4 aromatic rings. The average Bonchev–Trinajstić information content (AvgIpc) is 3.17. The monoisotopic (exact) mass is 424 g/mol. The van der Waals surface area contributed by atoms with Gasteiger partial charge in [0.15, 0.2) is 0 Å². The Morgan fingerprint density at radius 1 is 1.10 bits per heavy atom. The molecular formula is C23H22F2N4O2. The smallest absolute Gasteiger partial charge is 0.387 e. The van der Waals surface area contributed by atoms with Crippen LogP contribution in [0.15, 0.2) is 60.9 Å². The van der Waals surface area contributed by atoms with Gasteiger partial charge >= 0.3 is 6.61 Å². The number of imidazole rings is 1. The molecule has 1 atom stereocenters. The fourth-order valence-electron chi connectivity index (χ4n) is 3.63. The van der Waals surface area contributed by atoms with Gasteiger partial charge in [0.25, 0.3) is 0 Å². The van der Waals surface area contributed by atoms with Gasteiger partial charge in [-0.25, -0.2) is 4.98 Å². The highest BCUT2D eigenvalue weighted by molar-refractivity contribution is 5.92. The first-order chi connectivity index (χ1) is 15.0. The Morgan fingerprint density at radius 2 is 1.90 bits per heavy atom. The summed E-state index contributed by atoms with van der Waals surface area (Å²) in [6.07, 6.45) is 3.59. The quantitative estimate of drug-likeness (QED) is 0.448. The number of benzene rings is 2. The van der Waals surface area contributed by atoms with Gasteiger partial charge in [-0.1, -0.05) is 18.2 Å². The Labute approximate surface area is 178 Å². The molecule has 2 aromatic carbocycles. The molecular weight excluding hydrogens is 402 g/mol. The van der Waals surface area contributed by atoms with Gasteiger partial charge in [0.05, 0.1) is 12.6 Å². The predicted octanol–water partition coefficient (Wildman–Crippen LogP) is 5.09. The van der Waals surface area contributed by atoms with E-state index in [0.29, 0.717) is 16.7 Å². The summed E-state index contributed by atoms with van der Waals surface area (Å²) in [5.74, 6) is 1.55. The number of methoxy groups -OCH3 is 1. The van der Waals surface area contributed by atoms with Gasteiger partial charge in [-0.2, -0.15) is 8.78 Å². The van der Waals surface area contributed by atoms with Crippen LogP contribution in [0.4, 0.5) is 14.5 Å². The van der Waals surface area contributed by atoms with Crippen LogP contribution < -0.4 is 14.8 Å². The molecule has 160 valence electrons. The number of fused-ring (bicyclic) bond motifs is 1. The second-order valence-corrected chi connectivity index (χ2v) is 7.08. The molecule has 0 amide bonds. The van der Waals surface area contributed by atoms with E-state index in [1.54, 1.807) is 25.4 Å². The number of rotatable bonds is 7. The minimum absolute atomic E-state index is 0.0713. The highest BCUT2D eigenvalue weighted by Crippen LogP contribution is 2.35. The Morgan fingerprint density at radius 3 is 2.61 bits per heavy atom. The number of aryl methyl sites for hydroxylation is 2. The van der Waals surface area contributed by atoms with Crippen molar-refractivity contribution in [1.82, 2.24) is 14.5 Å². The number of nitrogens with one attached hydrogen (secondary N) is 1. The number of aromatic nitrogens is 3. The minimum Gasteiger partial charge on any atom is -0.496 e. The first-order valence-corrected chi connectivity index (χ1v) is 9.69. The standard InChI is InChI=1S/C23H22F2N4O2/c1-14-12-19(17-13-15(31-23(24)25)8-9-18(17)27-14)28-21(22-26-10-11-29(22)2)16-6-4-5-7-20(16)30-3/h4-13,21,23H,1-3H3,(H,27,28). The third-order valence-electron chi connectivity index (χ3n) is 5.00. The first kappa shape index (κ1) is 20.6. The summed E-state index contributed by atoms with van der Waals surface area (Å²) in [4.78, 5) is 9.05. The van der Waals surface area contributed by atoms with Crippen LogP contribution in [-0.4, -0.2) is 28.3 Å². The van der Waals surface area contributed by atoms with E-state index in [-0.39, 0.29) is 11.8 Å². The lowest BCUT2D eigenvalue weighted by Crippen LogP contribution is -2.18. The van der Waals surface area contributed by atoms with Gasteiger partial charge in [0, 0.05) is 41.8 Å². The van der Waals surface area contributed by atoms with Crippen LogP contribution in [0, 0.1) is 6.92 Å². The van der Waals surface area contributed by atoms with Gasteiger partial charge in [0.2, 0.25) is 0 Å². The zero-order chi connectivity index (χ0) is 22.0. The van der Waals surface area contributed by atoms with E-state index in [9.17, 15) is 8.78 Å². The molecule has 1 N–H and O–H groups in total. The predicted molar refractivity (Wildman–Crippen MR) is 115 cm³/mol. The Hall–Kier alpha value is -3.68. The molecule has 4 rings (SSSR count). The van der Waals surface area contributed by atoms with Crippen molar-refractivity contribution in [2.45, 2.75) is 19.6 Å². The second kappa shape index (κ2) is 8.59. The fraction of sp³-hybridized carbons (Fsp3) is 0.217. The summed E-state index contributed by atoms with van der Waals surface area (Å²) in [5, 5.41) is 4.20. The van der Waals surface area contributed by atoms with Crippen molar-refractivity contribution in [3.8, 4) is 11.5 Å². The number of nitrogens with zero attached hydrogens (tertiary/aromatic N) is 3. The van der Waals surface area contributed by atoms with E-state index in [0.717, 1.165) is 22.8 Å². The molecule has 31 heavy (non-hydrogen) atoms. The lowest BCUT2D eigenvalue weighted by molar-refractivity contribution is -0.0497. The van der Waals surface area contributed by atoms with Crippen LogP contribution in [0.5, 0.6) is 11.5 Å². The summed E-state index contributed by atoms with van der Waals surface area (Å²) in [6.45, 7) is -1.02. The molecule has 0 saturated heterocycles. The maximum absolute atomic E-state index is 12.8. The van der Waals surface area contributed by atoms with Gasteiger partial charge < -0.3 is 19.4 Å². The van der Waals surface area contributed by atoms with Crippen LogP contribution in [0.1, 0.15) is 23.1 Å². The lowest BCUT2D eigenvalue weighted by atomic mass is 10.0. The molecule has 0 aliphatic heterocycles. The van der Waals surface area contributed by atoms with Gasteiger partial charge in [-0.3, -0.25) is 4.98 Å². The summed E-state index contributed by atoms with van der Waals surface area (Å²) in [7, 11) is 3.53. The number of alkyl halides is 2. The topological polar surface area (TPSA) is 61.2 Å². The number of anilines is 1. The number of hydrogen-bond donors (Lipinski definition) is 1. The summed E-state index contributed by atoms with van der Waals surface area (Å²) in [5.41, 5.74) is 3.07. The molecule has 2 heterocycles. The van der Waals surface area contributed by atoms with Crippen LogP contribution in [0.3, 0.4) is 0 Å². The maximum atomic E-state index is 12.8. The van der Waals surface area contributed by atoms with Gasteiger partial charge in [-0.15, -0.1) is 0 Å². The highest BCUT2D eigenvalue weighted by atomic mass is 19.3. The molecule has 0 aliphatic rings. The maximum Gasteiger partial charge on any atom is 0.387 e. The average molecular weight is 424 g/mol. The number of hydrogen-bond acceptors (Lipinski definition) is 5. The zero-order valence-corrected chi connectivity index (χ0v) is 17.3. The van der Waals surface area contributed by atoms with E-state index >= 15 is 0 Å². The van der Waals surface area contributed by atoms with E-state index in [4.69, 9.17) is 4.74 Å². The van der Waals surface area contributed by atoms with Crippen LogP contribution in [0.2, 0.25) is 0 Å². The summed E-state index contributed by atoms with van der Waals surface area (Å²) < 4.78 is 37.6. The van der Waals surface area contributed by atoms with Gasteiger partial charge in [0.1, 0.15) is 23.4 Å². The van der Waals surface area contributed by atoms with E-state index in [1.165, 1.54) is 6.07 Å². The molecule has 6 nitrogen and oxygen atoms in total. The van der Waals surface area contributed by atoms with Crippen LogP contribution in [-0.2, 0) is 7.05 Å².